The molecule has 1 saturated heterocycles. The molecule has 1 amide bonds. The van der Waals surface area contributed by atoms with Gasteiger partial charge in [0.2, 0.25) is 16.0 Å². The van der Waals surface area contributed by atoms with Crippen molar-refractivity contribution in [2.45, 2.75) is 13.0 Å². The standard InChI is InChI=1S/C23H21F3N6OS/c1-14(21(33)27-19-7-6-17(25)12-18(19)26)30-8-10-31(11-9-30)23-29-32-13-20(28-22(32)34-23)15-2-4-16(24)5-3-15/h2-7,12-14H,8-11H2,1H3,(H,27,33). The van der Waals surface area contributed by atoms with Crippen molar-refractivity contribution in [3.8, 4) is 11.3 Å². The molecule has 1 aliphatic heterocycles. The van der Waals surface area contributed by atoms with Gasteiger partial charge in [0.15, 0.2) is 0 Å². The Morgan fingerprint density at radius 2 is 1.74 bits per heavy atom. The van der Waals surface area contributed by atoms with Crippen LogP contribution < -0.4 is 10.2 Å². The highest BCUT2D eigenvalue weighted by Crippen LogP contribution is 2.28. The van der Waals surface area contributed by atoms with Crippen molar-refractivity contribution in [3.63, 3.8) is 0 Å². The van der Waals surface area contributed by atoms with Crippen LogP contribution in [-0.2, 0) is 4.79 Å². The molecule has 2 aromatic heterocycles. The number of imidazole rings is 1. The van der Waals surface area contributed by atoms with Crippen LogP contribution in [0.2, 0.25) is 0 Å². The number of amides is 1. The predicted molar refractivity (Wildman–Crippen MR) is 124 cm³/mol. The van der Waals surface area contributed by atoms with E-state index in [9.17, 15) is 18.0 Å². The van der Waals surface area contributed by atoms with Gasteiger partial charge >= 0.3 is 0 Å². The van der Waals surface area contributed by atoms with E-state index in [4.69, 9.17) is 0 Å². The molecule has 7 nitrogen and oxygen atoms in total. The van der Waals surface area contributed by atoms with Crippen molar-refractivity contribution in [1.82, 2.24) is 19.5 Å². The Hall–Kier alpha value is -3.44. The Kier molecular flexibility index (Phi) is 5.96. The van der Waals surface area contributed by atoms with Gasteiger partial charge in [0.25, 0.3) is 0 Å². The SMILES string of the molecule is CC(C(=O)Nc1ccc(F)cc1F)N1CCN(c2nn3cc(-c4ccc(F)cc4)nc3s2)CC1. The lowest BCUT2D eigenvalue weighted by atomic mass is 10.2. The maximum atomic E-state index is 13.9. The Morgan fingerprint density at radius 3 is 2.41 bits per heavy atom. The lowest BCUT2D eigenvalue weighted by molar-refractivity contribution is -0.120. The van der Waals surface area contributed by atoms with Gasteiger partial charge in [0.1, 0.15) is 17.5 Å². The van der Waals surface area contributed by atoms with Crippen LogP contribution in [0.15, 0.2) is 48.7 Å². The fraction of sp³-hybridized carbons (Fsp3) is 0.261. The van der Waals surface area contributed by atoms with E-state index in [0.29, 0.717) is 26.2 Å². The molecule has 1 N–H and O–H groups in total. The quantitative estimate of drug-likeness (QED) is 0.462. The zero-order valence-corrected chi connectivity index (χ0v) is 19.0. The maximum Gasteiger partial charge on any atom is 0.241 e. The normalized spacial score (nSPS) is 15.6. The van der Waals surface area contributed by atoms with Gasteiger partial charge < -0.3 is 10.2 Å². The van der Waals surface area contributed by atoms with Crippen LogP contribution in [0.1, 0.15) is 6.92 Å². The Labute approximate surface area is 197 Å². The summed E-state index contributed by atoms with van der Waals surface area (Å²) < 4.78 is 41.8. The number of carbonyl (C=O) groups is 1. The topological polar surface area (TPSA) is 65.8 Å². The highest BCUT2D eigenvalue weighted by atomic mass is 32.1. The van der Waals surface area contributed by atoms with Crippen molar-refractivity contribution in [2.24, 2.45) is 0 Å². The van der Waals surface area contributed by atoms with Crippen LogP contribution in [0.25, 0.3) is 16.2 Å². The number of nitrogens with zero attached hydrogens (tertiary/aromatic N) is 5. The maximum absolute atomic E-state index is 13.9. The van der Waals surface area contributed by atoms with Gasteiger partial charge in [-0.15, -0.1) is 5.10 Å². The number of aromatic nitrogens is 3. The first-order chi connectivity index (χ1) is 16.4. The number of nitrogens with one attached hydrogen (secondary N) is 1. The molecule has 0 saturated carbocycles. The molecule has 176 valence electrons. The summed E-state index contributed by atoms with van der Waals surface area (Å²) in [5, 5.41) is 8.00. The van der Waals surface area contributed by atoms with E-state index >= 15 is 0 Å². The first kappa shape index (κ1) is 22.4. The molecule has 3 heterocycles. The van der Waals surface area contributed by atoms with E-state index < -0.39 is 17.7 Å². The number of anilines is 2. The van der Waals surface area contributed by atoms with E-state index in [1.807, 2.05) is 11.1 Å². The number of hydrogen-bond donors (Lipinski definition) is 1. The molecule has 0 bridgehead atoms. The molecular weight excluding hydrogens is 465 g/mol. The summed E-state index contributed by atoms with van der Waals surface area (Å²) in [7, 11) is 0. The van der Waals surface area contributed by atoms with Gasteiger partial charge in [0, 0.05) is 37.8 Å². The van der Waals surface area contributed by atoms with Crippen molar-refractivity contribution in [3.05, 3.63) is 66.1 Å². The van der Waals surface area contributed by atoms with Gasteiger partial charge in [-0.1, -0.05) is 11.3 Å². The van der Waals surface area contributed by atoms with Crippen molar-refractivity contribution < 1.29 is 18.0 Å². The number of hydrogen-bond acceptors (Lipinski definition) is 6. The average molecular weight is 487 g/mol. The van der Waals surface area contributed by atoms with Crippen LogP contribution in [0.4, 0.5) is 24.0 Å². The Bertz CT molecular complexity index is 1300. The van der Waals surface area contributed by atoms with Gasteiger partial charge in [-0.2, -0.15) is 0 Å². The van der Waals surface area contributed by atoms with Crippen molar-refractivity contribution in [1.29, 1.82) is 0 Å². The van der Waals surface area contributed by atoms with Gasteiger partial charge in [-0.3, -0.25) is 9.69 Å². The Morgan fingerprint density at radius 1 is 1.03 bits per heavy atom. The number of piperazine rings is 1. The molecule has 0 spiro atoms. The summed E-state index contributed by atoms with van der Waals surface area (Å²) in [6, 6.07) is 8.76. The second-order valence-electron chi connectivity index (χ2n) is 8.06. The fourth-order valence-electron chi connectivity index (χ4n) is 3.87. The zero-order valence-electron chi connectivity index (χ0n) is 18.2. The highest BCUT2D eigenvalue weighted by molar-refractivity contribution is 7.20. The highest BCUT2D eigenvalue weighted by Gasteiger charge is 2.27. The summed E-state index contributed by atoms with van der Waals surface area (Å²) in [6.45, 7) is 4.36. The molecule has 1 atom stereocenters. The third-order valence-electron chi connectivity index (χ3n) is 5.87. The largest absolute Gasteiger partial charge is 0.344 e. The van der Waals surface area contributed by atoms with Crippen LogP contribution in [0, 0.1) is 17.5 Å². The summed E-state index contributed by atoms with van der Waals surface area (Å²) in [4.78, 5) is 22.1. The van der Waals surface area contributed by atoms with Crippen LogP contribution in [-0.4, -0.2) is 57.6 Å². The number of benzene rings is 2. The third kappa shape index (κ3) is 4.48. The minimum Gasteiger partial charge on any atom is -0.344 e. The monoisotopic (exact) mass is 486 g/mol. The second-order valence-corrected chi connectivity index (χ2v) is 8.99. The first-order valence-corrected chi connectivity index (χ1v) is 11.6. The molecule has 0 aliphatic carbocycles. The van der Waals surface area contributed by atoms with E-state index in [2.05, 4.69) is 20.3 Å². The molecule has 1 aliphatic rings. The van der Waals surface area contributed by atoms with Crippen LogP contribution >= 0.6 is 11.3 Å². The molecule has 5 rings (SSSR count). The van der Waals surface area contributed by atoms with Crippen LogP contribution in [0.3, 0.4) is 0 Å². The van der Waals surface area contributed by atoms with Gasteiger partial charge in [-0.05, 0) is 43.3 Å². The van der Waals surface area contributed by atoms with Crippen molar-refractivity contribution in [2.75, 3.05) is 36.4 Å². The molecule has 1 fully saturated rings. The molecular formula is C23H21F3N6OS. The molecule has 4 aromatic rings. The first-order valence-electron chi connectivity index (χ1n) is 10.7. The van der Waals surface area contributed by atoms with Crippen LogP contribution in [0.5, 0.6) is 0 Å². The summed E-state index contributed by atoms with van der Waals surface area (Å²) >= 11 is 1.47. The number of carbonyl (C=O) groups excluding carboxylic acids is 1. The lowest BCUT2D eigenvalue weighted by Crippen LogP contribution is -2.52. The minimum absolute atomic E-state index is 0.0389. The number of halogens is 3. The van der Waals surface area contributed by atoms with Gasteiger partial charge in [0.05, 0.1) is 23.6 Å². The Balaban J connectivity index is 1.20. The smallest absolute Gasteiger partial charge is 0.241 e. The van der Waals surface area contributed by atoms with E-state index in [0.717, 1.165) is 33.5 Å². The van der Waals surface area contributed by atoms with E-state index in [-0.39, 0.29) is 17.4 Å². The predicted octanol–water partition coefficient (Wildman–Crippen LogP) is 4.02. The van der Waals surface area contributed by atoms with Gasteiger partial charge in [-0.25, -0.2) is 22.7 Å². The van der Waals surface area contributed by atoms with E-state index in [1.54, 1.807) is 23.6 Å². The fourth-order valence-corrected chi connectivity index (χ4v) is 4.81. The van der Waals surface area contributed by atoms with E-state index in [1.165, 1.54) is 29.5 Å². The second kappa shape index (κ2) is 9.07. The number of fused-ring (bicyclic) bond motifs is 1. The number of rotatable bonds is 5. The summed E-state index contributed by atoms with van der Waals surface area (Å²) in [5.41, 5.74) is 1.51. The lowest BCUT2D eigenvalue weighted by Gasteiger charge is -2.37. The third-order valence-corrected chi connectivity index (χ3v) is 6.86. The minimum atomic E-state index is -0.804. The molecule has 1 unspecified atom stereocenters. The van der Waals surface area contributed by atoms with Crippen molar-refractivity contribution >= 4 is 33.0 Å². The molecule has 0 radical (unpaired) electrons. The summed E-state index contributed by atoms with van der Waals surface area (Å²) in [5.74, 6) is -2.14. The molecule has 11 heteroatoms. The molecule has 2 aromatic carbocycles. The zero-order chi connectivity index (χ0) is 23.8. The molecule has 34 heavy (non-hydrogen) atoms. The summed E-state index contributed by atoms with van der Waals surface area (Å²) in [6.07, 6.45) is 1.82. The average Bonchev–Trinajstić information content (AvgIpc) is 3.41.